The van der Waals surface area contributed by atoms with Gasteiger partial charge in [-0.1, -0.05) is 102 Å². The van der Waals surface area contributed by atoms with Crippen LogP contribution in [0.15, 0.2) is 0 Å². The van der Waals surface area contributed by atoms with Gasteiger partial charge in [0.1, 0.15) is 0 Å². The van der Waals surface area contributed by atoms with Gasteiger partial charge in [-0.25, -0.2) is 0 Å². The highest BCUT2D eigenvalue weighted by molar-refractivity contribution is 4.35. The fourth-order valence-electron chi connectivity index (χ4n) is 0.894. The largest absolute Gasteiger partial charge is 0.330 e. The second-order valence-electron chi connectivity index (χ2n) is 3.20. The minimum atomic E-state index is 0. The molecule has 0 radical (unpaired) electrons. The lowest BCUT2D eigenvalue weighted by atomic mass is 10.2. The molecule has 1 heteroatoms. The summed E-state index contributed by atoms with van der Waals surface area (Å²) in [6.07, 6.45) is 9.29. The van der Waals surface area contributed by atoms with E-state index in [1.165, 1.54) is 44.9 Å². The second kappa shape index (κ2) is 68.2. The maximum absolute atomic E-state index is 5.21. The number of nitrogens with two attached hydrogens (primary N) is 1. The van der Waals surface area contributed by atoms with Gasteiger partial charge in [0, 0.05) is 0 Å². The first-order valence-electron chi connectivity index (χ1n) is 7.53. The Bertz CT molecular complexity index is 37.6. The van der Waals surface area contributed by atoms with Crippen molar-refractivity contribution in [2.24, 2.45) is 5.73 Å². The Morgan fingerprint density at radius 3 is 0.889 bits per heavy atom. The Hall–Kier alpha value is -0.0400. The minimum Gasteiger partial charge on any atom is -0.330 e. The van der Waals surface area contributed by atoms with E-state index in [9.17, 15) is 0 Å². The van der Waals surface area contributed by atoms with Gasteiger partial charge in [0.15, 0.2) is 0 Å². The van der Waals surface area contributed by atoms with Gasteiger partial charge >= 0.3 is 0 Å². The maximum Gasteiger partial charge on any atom is -0.00773 e. The molecule has 0 atom stereocenters. The lowest BCUT2D eigenvalue weighted by Crippen LogP contribution is -1.96. The first-order valence-corrected chi connectivity index (χ1v) is 7.53. The molecule has 0 fully saturated rings. The molecular weight excluding hydrogens is 218 g/mol. The summed E-state index contributed by atoms with van der Waals surface area (Å²) in [6, 6.07) is 0. The first-order chi connectivity index (χ1) is 7.83. The fraction of sp³-hybridized carbons (Fsp3) is 1.00. The van der Waals surface area contributed by atoms with Crippen LogP contribution in [-0.2, 0) is 0 Å². The van der Waals surface area contributed by atoms with Crippen molar-refractivity contribution >= 4 is 0 Å². The summed E-state index contributed by atoms with van der Waals surface area (Å²) in [6.45, 7) is 15.5. The third kappa shape index (κ3) is 101. The van der Waals surface area contributed by atoms with Crippen LogP contribution in [0, 0.1) is 0 Å². The van der Waals surface area contributed by atoms with Gasteiger partial charge < -0.3 is 5.73 Å². The molecule has 1 nitrogen and oxygen atoms in total. The number of hydrogen-bond donors (Lipinski definition) is 1. The zero-order chi connectivity index (χ0) is 13.7. The summed E-state index contributed by atoms with van der Waals surface area (Å²) >= 11 is 0. The summed E-state index contributed by atoms with van der Waals surface area (Å²) in [7, 11) is 0. The highest BCUT2D eigenvalue weighted by Gasteiger charge is 1.75. The average Bonchev–Trinajstić information content (AvgIpc) is 2.39. The smallest absolute Gasteiger partial charge is 0.00773 e. The van der Waals surface area contributed by atoms with E-state index >= 15 is 0 Å². The van der Waals surface area contributed by atoms with E-state index in [0.717, 1.165) is 6.54 Å². The quantitative estimate of drug-likeness (QED) is 0.512. The molecule has 0 heterocycles. The third-order valence-electron chi connectivity index (χ3n) is 1.76. The van der Waals surface area contributed by atoms with Crippen LogP contribution < -0.4 is 5.73 Å². The third-order valence-corrected chi connectivity index (χ3v) is 1.76. The van der Waals surface area contributed by atoms with Crippen molar-refractivity contribution in [3.8, 4) is 0 Å². The van der Waals surface area contributed by atoms with E-state index in [0.29, 0.717) is 0 Å². The zero-order valence-electron chi connectivity index (χ0n) is 13.2. The van der Waals surface area contributed by atoms with Crippen molar-refractivity contribution in [3.05, 3.63) is 0 Å². The molecule has 0 aromatic rings. The minimum absolute atomic E-state index is 0. The second-order valence-corrected chi connectivity index (χ2v) is 3.20. The molecule has 0 aromatic heterocycles. The SMILES string of the molecule is C.C.CC.CC.CCCCCC.CCCCCN. The Kier molecular flexibility index (Phi) is 137. The summed E-state index contributed by atoms with van der Waals surface area (Å²) in [4.78, 5) is 0. The molecule has 0 aliphatic carbocycles. The standard InChI is InChI=1S/C6H14.C5H13N.2C2H6.2CH4/c1-3-5-6-4-2;1-2-3-4-5-6;2*1-2;;/h3-6H2,1-2H3;2-6H2,1H3;2*1-2H3;2*1H4. The number of hydrogen-bond acceptors (Lipinski definition) is 1. The molecule has 120 valence electrons. The highest BCUT2D eigenvalue weighted by atomic mass is 14.5. The van der Waals surface area contributed by atoms with Gasteiger partial charge in [-0.15, -0.1) is 0 Å². The molecule has 0 aliphatic heterocycles. The molecule has 2 N–H and O–H groups in total. The van der Waals surface area contributed by atoms with Crippen LogP contribution in [0.3, 0.4) is 0 Å². The van der Waals surface area contributed by atoms with Crippen LogP contribution in [0.4, 0.5) is 0 Å². The Labute approximate surface area is 121 Å². The monoisotopic (exact) mass is 265 g/mol. The summed E-state index contributed by atoms with van der Waals surface area (Å²) in [5, 5.41) is 0. The van der Waals surface area contributed by atoms with E-state index in [-0.39, 0.29) is 14.9 Å². The molecule has 0 aliphatic rings. The van der Waals surface area contributed by atoms with Gasteiger partial charge in [0.25, 0.3) is 0 Å². The van der Waals surface area contributed by atoms with Crippen LogP contribution in [0.1, 0.15) is 108 Å². The summed E-state index contributed by atoms with van der Waals surface area (Å²) in [5.74, 6) is 0. The van der Waals surface area contributed by atoms with Gasteiger partial charge in [-0.05, 0) is 13.0 Å². The molecule has 0 saturated carbocycles. The zero-order valence-corrected chi connectivity index (χ0v) is 13.2. The molecule has 0 bridgehead atoms. The maximum atomic E-state index is 5.21. The van der Waals surface area contributed by atoms with Crippen LogP contribution >= 0.6 is 0 Å². The lowest BCUT2D eigenvalue weighted by molar-refractivity contribution is 0.702. The molecule has 0 saturated heterocycles. The van der Waals surface area contributed by atoms with Crippen LogP contribution in [0.5, 0.6) is 0 Å². The van der Waals surface area contributed by atoms with Gasteiger partial charge in [-0.2, -0.15) is 0 Å². The first kappa shape index (κ1) is 36.1. The molecule has 0 amide bonds. The van der Waals surface area contributed by atoms with Crippen molar-refractivity contribution in [1.82, 2.24) is 0 Å². The van der Waals surface area contributed by atoms with Crippen molar-refractivity contribution in [1.29, 1.82) is 0 Å². The predicted molar refractivity (Wildman–Crippen MR) is 94.6 cm³/mol. The van der Waals surface area contributed by atoms with Gasteiger partial charge in [0.2, 0.25) is 0 Å². The lowest BCUT2D eigenvalue weighted by Gasteiger charge is -1.86. The highest BCUT2D eigenvalue weighted by Crippen LogP contribution is 1.95. The van der Waals surface area contributed by atoms with Gasteiger partial charge in [0.05, 0.1) is 0 Å². The van der Waals surface area contributed by atoms with Crippen LogP contribution in [-0.4, -0.2) is 6.54 Å². The van der Waals surface area contributed by atoms with Crippen LogP contribution in [0.2, 0.25) is 0 Å². The van der Waals surface area contributed by atoms with Crippen molar-refractivity contribution in [3.63, 3.8) is 0 Å². The Morgan fingerprint density at radius 2 is 0.778 bits per heavy atom. The van der Waals surface area contributed by atoms with E-state index in [1.54, 1.807) is 0 Å². The molecule has 0 rings (SSSR count). The summed E-state index contributed by atoms with van der Waals surface area (Å²) in [5.41, 5.74) is 5.21. The average molecular weight is 266 g/mol. The molecular formula is C17H47N. The normalized spacial score (nSPS) is 6.67. The Balaban J connectivity index is -0.0000000287. The fourth-order valence-corrected chi connectivity index (χ4v) is 0.894. The van der Waals surface area contributed by atoms with Crippen LogP contribution in [0.25, 0.3) is 0 Å². The number of rotatable bonds is 6. The van der Waals surface area contributed by atoms with Crippen molar-refractivity contribution in [2.75, 3.05) is 6.54 Å². The van der Waals surface area contributed by atoms with E-state index in [4.69, 9.17) is 5.73 Å². The van der Waals surface area contributed by atoms with Crippen molar-refractivity contribution in [2.45, 2.75) is 108 Å². The van der Waals surface area contributed by atoms with Crippen molar-refractivity contribution < 1.29 is 0 Å². The van der Waals surface area contributed by atoms with E-state index < -0.39 is 0 Å². The summed E-state index contributed by atoms with van der Waals surface area (Å²) < 4.78 is 0. The van der Waals surface area contributed by atoms with E-state index in [1.807, 2.05) is 27.7 Å². The molecule has 0 unspecified atom stereocenters. The Morgan fingerprint density at radius 1 is 0.556 bits per heavy atom. The topological polar surface area (TPSA) is 26.0 Å². The predicted octanol–water partition coefficient (Wildman–Crippen LogP) is 7.05. The molecule has 18 heavy (non-hydrogen) atoms. The number of unbranched alkanes of at least 4 members (excludes halogenated alkanes) is 5. The molecule has 0 aromatic carbocycles. The van der Waals surface area contributed by atoms with Gasteiger partial charge in [-0.3, -0.25) is 0 Å². The molecule has 0 spiro atoms. The van der Waals surface area contributed by atoms with E-state index in [2.05, 4.69) is 20.8 Å².